The minimum Gasteiger partial charge on any atom is -0.353 e. The summed E-state index contributed by atoms with van der Waals surface area (Å²) in [7, 11) is 0. The molecular weight excluding hydrogens is 254 g/mol. The van der Waals surface area contributed by atoms with E-state index in [0.29, 0.717) is 18.9 Å². The number of carbonyl (C=O) groups is 2. The number of rotatable bonds is 7. The van der Waals surface area contributed by atoms with Gasteiger partial charge in [-0.3, -0.25) is 9.59 Å². The monoisotopic (exact) mass is 281 g/mol. The second kappa shape index (κ2) is 7.62. The fourth-order valence-electron chi connectivity index (χ4n) is 2.63. The first-order chi connectivity index (χ1) is 9.69. The van der Waals surface area contributed by atoms with Crippen molar-refractivity contribution in [3.05, 3.63) is 0 Å². The third-order valence-electron chi connectivity index (χ3n) is 4.04. The maximum absolute atomic E-state index is 12.0. The molecule has 2 fully saturated rings. The lowest BCUT2D eigenvalue weighted by Gasteiger charge is -2.32. The Kier molecular flexibility index (Phi) is 5.83. The van der Waals surface area contributed by atoms with Gasteiger partial charge in [-0.05, 0) is 32.1 Å². The molecule has 5 nitrogen and oxygen atoms in total. The van der Waals surface area contributed by atoms with E-state index >= 15 is 0 Å². The summed E-state index contributed by atoms with van der Waals surface area (Å²) >= 11 is 0. The van der Waals surface area contributed by atoms with Crippen LogP contribution in [0.2, 0.25) is 0 Å². The molecule has 2 rings (SSSR count). The van der Waals surface area contributed by atoms with E-state index in [1.807, 2.05) is 11.8 Å². The summed E-state index contributed by atoms with van der Waals surface area (Å²) in [5.74, 6) is 0.391. The van der Waals surface area contributed by atoms with Gasteiger partial charge in [-0.25, -0.2) is 0 Å². The summed E-state index contributed by atoms with van der Waals surface area (Å²) in [6, 6.07) is 0.921. The zero-order chi connectivity index (χ0) is 14.4. The fraction of sp³-hybridized carbons (Fsp3) is 0.867. The number of likely N-dealkylation sites (tertiary alicyclic amines) is 1. The van der Waals surface area contributed by atoms with E-state index in [9.17, 15) is 9.59 Å². The van der Waals surface area contributed by atoms with E-state index in [0.717, 1.165) is 38.9 Å². The zero-order valence-electron chi connectivity index (χ0n) is 12.5. The Morgan fingerprint density at radius 3 is 2.35 bits per heavy atom. The molecule has 1 heterocycles. The minimum absolute atomic E-state index is 0.144. The highest BCUT2D eigenvalue weighted by atomic mass is 16.2. The predicted molar refractivity (Wildman–Crippen MR) is 78.3 cm³/mol. The van der Waals surface area contributed by atoms with E-state index in [1.54, 1.807) is 0 Å². The van der Waals surface area contributed by atoms with Crippen molar-refractivity contribution in [2.75, 3.05) is 19.6 Å². The summed E-state index contributed by atoms with van der Waals surface area (Å²) in [6.45, 7) is 4.37. The molecule has 1 aliphatic heterocycles. The van der Waals surface area contributed by atoms with E-state index in [-0.39, 0.29) is 17.9 Å². The highest BCUT2D eigenvalue weighted by molar-refractivity contribution is 5.77. The largest absolute Gasteiger partial charge is 0.353 e. The Hall–Kier alpha value is -1.10. The standard InChI is InChI=1S/C15H27N3O2/c1-2-3-14(19)17-13-7-10-18(11-8-13)15(20)6-9-16-12-4-5-12/h12-13,16H,2-11H2,1H3,(H,17,19). The molecule has 20 heavy (non-hydrogen) atoms. The molecule has 2 N–H and O–H groups in total. The molecule has 1 saturated carbocycles. The van der Waals surface area contributed by atoms with Crippen molar-refractivity contribution >= 4 is 11.8 Å². The quantitative estimate of drug-likeness (QED) is 0.733. The number of nitrogens with one attached hydrogen (secondary N) is 2. The molecule has 1 saturated heterocycles. The molecular formula is C15H27N3O2. The molecule has 0 aromatic carbocycles. The van der Waals surface area contributed by atoms with Crippen LogP contribution in [0.5, 0.6) is 0 Å². The molecule has 5 heteroatoms. The highest BCUT2D eigenvalue weighted by Gasteiger charge is 2.24. The van der Waals surface area contributed by atoms with Gasteiger partial charge < -0.3 is 15.5 Å². The Bertz CT molecular complexity index is 334. The van der Waals surface area contributed by atoms with Crippen LogP contribution in [-0.2, 0) is 9.59 Å². The second-order valence-corrected chi connectivity index (χ2v) is 5.95. The maximum atomic E-state index is 12.0. The minimum atomic E-state index is 0.144. The van der Waals surface area contributed by atoms with E-state index in [1.165, 1.54) is 12.8 Å². The van der Waals surface area contributed by atoms with Gasteiger partial charge in [0.2, 0.25) is 11.8 Å². The van der Waals surface area contributed by atoms with E-state index < -0.39 is 0 Å². The molecule has 0 atom stereocenters. The summed E-state index contributed by atoms with van der Waals surface area (Å²) in [5, 5.41) is 6.43. The Balaban J connectivity index is 1.59. The van der Waals surface area contributed by atoms with Crippen LogP contribution in [0.4, 0.5) is 0 Å². The van der Waals surface area contributed by atoms with Crippen LogP contribution >= 0.6 is 0 Å². The highest BCUT2D eigenvalue weighted by Crippen LogP contribution is 2.18. The van der Waals surface area contributed by atoms with Crippen molar-refractivity contribution in [2.24, 2.45) is 0 Å². The van der Waals surface area contributed by atoms with Crippen molar-refractivity contribution in [1.29, 1.82) is 0 Å². The van der Waals surface area contributed by atoms with Crippen LogP contribution in [0, 0.1) is 0 Å². The van der Waals surface area contributed by atoms with Crippen molar-refractivity contribution in [3.63, 3.8) is 0 Å². The summed E-state index contributed by atoms with van der Waals surface area (Å²) in [5.41, 5.74) is 0. The van der Waals surface area contributed by atoms with Gasteiger partial charge in [0.25, 0.3) is 0 Å². The Labute approximate surface area is 121 Å². The number of carbonyl (C=O) groups excluding carboxylic acids is 2. The van der Waals surface area contributed by atoms with E-state index in [2.05, 4.69) is 10.6 Å². The SMILES string of the molecule is CCCC(=O)NC1CCN(C(=O)CCNC2CC2)CC1. The molecule has 114 valence electrons. The van der Waals surface area contributed by atoms with Gasteiger partial charge in [-0.2, -0.15) is 0 Å². The zero-order valence-corrected chi connectivity index (χ0v) is 12.5. The van der Waals surface area contributed by atoms with Gasteiger partial charge >= 0.3 is 0 Å². The van der Waals surface area contributed by atoms with Crippen LogP contribution in [0.3, 0.4) is 0 Å². The molecule has 0 aromatic rings. The smallest absolute Gasteiger partial charge is 0.223 e. The third-order valence-corrected chi connectivity index (χ3v) is 4.04. The molecule has 0 radical (unpaired) electrons. The molecule has 2 aliphatic rings. The van der Waals surface area contributed by atoms with Gasteiger partial charge in [0.1, 0.15) is 0 Å². The van der Waals surface area contributed by atoms with Crippen molar-refractivity contribution in [3.8, 4) is 0 Å². The number of piperidine rings is 1. The van der Waals surface area contributed by atoms with Gasteiger partial charge in [0.15, 0.2) is 0 Å². The van der Waals surface area contributed by atoms with Crippen molar-refractivity contribution in [1.82, 2.24) is 15.5 Å². The van der Waals surface area contributed by atoms with Crippen LogP contribution in [-0.4, -0.2) is 48.4 Å². The topological polar surface area (TPSA) is 61.4 Å². The number of amides is 2. The van der Waals surface area contributed by atoms with E-state index in [4.69, 9.17) is 0 Å². The average molecular weight is 281 g/mol. The summed E-state index contributed by atoms with van der Waals surface area (Å²) in [6.07, 6.45) is 6.38. The Morgan fingerprint density at radius 2 is 1.75 bits per heavy atom. The molecule has 0 unspecified atom stereocenters. The van der Waals surface area contributed by atoms with Gasteiger partial charge in [0.05, 0.1) is 0 Å². The van der Waals surface area contributed by atoms with Gasteiger partial charge in [0, 0.05) is 44.6 Å². The van der Waals surface area contributed by atoms with Crippen LogP contribution in [0.25, 0.3) is 0 Å². The molecule has 0 spiro atoms. The maximum Gasteiger partial charge on any atom is 0.223 e. The molecule has 0 bridgehead atoms. The fourth-order valence-corrected chi connectivity index (χ4v) is 2.63. The number of hydrogen-bond acceptors (Lipinski definition) is 3. The van der Waals surface area contributed by atoms with Crippen LogP contribution in [0.1, 0.15) is 51.9 Å². The van der Waals surface area contributed by atoms with Crippen molar-refractivity contribution < 1.29 is 9.59 Å². The second-order valence-electron chi connectivity index (χ2n) is 5.95. The summed E-state index contributed by atoms with van der Waals surface area (Å²) < 4.78 is 0. The summed E-state index contributed by atoms with van der Waals surface area (Å²) in [4.78, 5) is 25.5. The normalized spacial score (nSPS) is 19.9. The molecule has 0 aromatic heterocycles. The first-order valence-electron chi connectivity index (χ1n) is 7.99. The lowest BCUT2D eigenvalue weighted by Crippen LogP contribution is -2.46. The van der Waals surface area contributed by atoms with Crippen LogP contribution < -0.4 is 10.6 Å². The lowest BCUT2D eigenvalue weighted by atomic mass is 10.0. The van der Waals surface area contributed by atoms with Crippen LogP contribution in [0.15, 0.2) is 0 Å². The molecule has 2 amide bonds. The lowest BCUT2D eigenvalue weighted by molar-refractivity contribution is -0.132. The van der Waals surface area contributed by atoms with Gasteiger partial charge in [-0.1, -0.05) is 6.92 Å². The molecule has 1 aliphatic carbocycles. The third kappa shape index (κ3) is 5.12. The first-order valence-corrected chi connectivity index (χ1v) is 7.99. The number of hydrogen-bond donors (Lipinski definition) is 2. The van der Waals surface area contributed by atoms with Gasteiger partial charge in [-0.15, -0.1) is 0 Å². The predicted octanol–water partition coefficient (Wildman–Crippen LogP) is 1.04. The Morgan fingerprint density at radius 1 is 1.05 bits per heavy atom. The van der Waals surface area contributed by atoms with Crippen molar-refractivity contribution in [2.45, 2.75) is 64.0 Å². The number of nitrogens with zero attached hydrogens (tertiary/aromatic N) is 1. The first kappa shape index (κ1) is 15.3. The average Bonchev–Trinajstić information content (AvgIpc) is 3.24.